The molecule has 2 aromatic carbocycles. The van der Waals surface area contributed by atoms with E-state index in [1.165, 1.54) is 27.6 Å². The highest BCUT2D eigenvalue weighted by Crippen LogP contribution is 2.19. The second-order valence-corrected chi connectivity index (χ2v) is 6.54. The van der Waals surface area contributed by atoms with Crippen molar-refractivity contribution in [2.45, 2.75) is 33.2 Å². The normalized spacial score (nSPS) is 11.0. The van der Waals surface area contributed by atoms with E-state index in [1.54, 1.807) is 0 Å². The molecule has 1 heterocycles. The predicted molar refractivity (Wildman–Crippen MR) is 99.0 cm³/mol. The summed E-state index contributed by atoms with van der Waals surface area (Å²) in [5, 5.41) is 1.21. The van der Waals surface area contributed by atoms with Crippen molar-refractivity contribution in [1.82, 2.24) is 9.88 Å². The molecule has 0 bridgehead atoms. The second-order valence-electron chi connectivity index (χ2n) is 6.54. The van der Waals surface area contributed by atoms with Crippen LogP contribution >= 0.6 is 0 Å². The Kier molecular flexibility index (Phi) is 4.70. The van der Waals surface area contributed by atoms with Gasteiger partial charge in [0.2, 0.25) is 5.91 Å². The number of aryl methyl sites for hydroxylation is 3. The van der Waals surface area contributed by atoms with Crippen molar-refractivity contribution in [2.75, 3.05) is 7.05 Å². The molecule has 0 unspecified atom stereocenters. The summed E-state index contributed by atoms with van der Waals surface area (Å²) in [7, 11) is 1.89. The van der Waals surface area contributed by atoms with Crippen LogP contribution in [0.3, 0.4) is 0 Å². The Morgan fingerprint density at radius 1 is 1.08 bits per heavy atom. The molecular formula is C21H24N2O. The Labute approximate surface area is 143 Å². The van der Waals surface area contributed by atoms with Crippen molar-refractivity contribution < 1.29 is 4.79 Å². The number of nitrogens with one attached hydrogen (secondary N) is 1. The largest absolute Gasteiger partial charge is 0.361 e. The first-order valence-corrected chi connectivity index (χ1v) is 8.39. The zero-order valence-corrected chi connectivity index (χ0v) is 14.6. The third kappa shape index (κ3) is 3.51. The summed E-state index contributed by atoms with van der Waals surface area (Å²) in [6.45, 7) is 4.86. The smallest absolute Gasteiger partial charge is 0.222 e. The van der Waals surface area contributed by atoms with Crippen LogP contribution in [0.15, 0.2) is 48.7 Å². The second kappa shape index (κ2) is 6.91. The maximum atomic E-state index is 12.5. The van der Waals surface area contributed by atoms with Crippen LogP contribution in [-0.2, 0) is 17.8 Å². The van der Waals surface area contributed by atoms with E-state index in [0.29, 0.717) is 13.0 Å². The average Bonchev–Trinajstić information content (AvgIpc) is 2.98. The molecule has 0 fully saturated rings. The molecule has 1 N–H and O–H groups in total. The van der Waals surface area contributed by atoms with Crippen LogP contribution in [0.1, 0.15) is 28.7 Å². The minimum absolute atomic E-state index is 0.181. The summed E-state index contributed by atoms with van der Waals surface area (Å²) in [6, 6.07) is 14.6. The maximum absolute atomic E-state index is 12.5. The molecule has 3 nitrogen and oxygen atoms in total. The van der Waals surface area contributed by atoms with Crippen molar-refractivity contribution in [3.63, 3.8) is 0 Å². The molecule has 3 heteroatoms. The number of aromatic amines is 1. The van der Waals surface area contributed by atoms with Gasteiger partial charge in [0.1, 0.15) is 0 Å². The summed E-state index contributed by atoms with van der Waals surface area (Å²) in [4.78, 5) is 17.6. The number of hydrogen-bond donors (Lipinski definition) is 1. The minimum Gasteiger partial charge on any atom is -0.361 e. The number of fused-ring (bicyclic) bond motifs is 1. The molecule has 1 aromatic heterocycles. The van der Waals surface area contributed by atoms with Gasteiger partial charge < -0.3 is 9.88 Å². The highest BCUT2D eigenvalue weighted by molar-refractivity contribution is 5.84. The van der Waals surface area contributed by atoms with Crippen LogP contribution in [0.25, 0.3) is 10.9 Å². The lowest BCUT2D eigenvalue weighted by Gasteiger charge is -2.19. The summed E-state index contributed by atoms with van der Waals surface area (Å²) >= 11 is 0. The molecule has 0 saturated carbocycles. The van der Waals surface area contributed by atoms with Gasteiger partial charge in [-0.1, -0.05) is 42.0 Å². The number of hydrogen-bond acceptors (Lipinski definition) is 1. The fourth-order valence-corrected chi connectivity index (χ4v) is 3.14. The van der Waals surface area contributed by atoms with Gasteiger partial charge >= 0.3 is 0 Å². The molecule has 0 aliphatic rings. The Morgan fingerprint density at radius 3 is 2.67 bits per heavy atom. The number of aromatic nitrogens is 1. The molecule has 0 saturated heterocycles. The predicted octanol–water partition coefficient (Wildman–Crippen LogP) is 4.38. The summed E-state index contributed by atoms with van der Waals surface area (Å²) in [6.07, 6.45) is 3.31. The van der Waals surface area contributed by atoms with Gasteiger partial charge in [-0.05, 0) is 43.0 Å². The van der Waals surface area contributed by atoms with Gasteiger partial charge in [0.05, 0.1) is 0 Å². The van der Waals surface area contributed by atoms with Crippen LogP contribution < -0.4 is 0 Å². The molecule has 1 amide bonds. The first-order chi connectivity index (χ1) is 11.5. The van der Waals surface area contributed by atoms with Crippen LogP contribution in [0.2, 0.25) is 0 Å². The number of amides is 1. The lowest BCUT2D eigenvalue weighted by molar-refractivity contribution is -0.130. The first kappa shape index (κ1) is 16.3. The molecule has 3 aromatic rings. The zero-order valence-electron chi connectivity index (χ0n) is 14.6. The maximum Gasteiger partial charge on any atom is 0.222 e. The highest BCUT2D eigenvalue weighted by Gasteiger charge is 2.12. The number of benzene rings is 2. The summed E-state index contributed by atoms with van der Waals surface area (Å²) < 4.78 is 0. The van der Waals surface area contributed by atoms with E-state index < -0.39 is 0 Å². The van der Waals surface area contributed by atoms with Gasteiger partial charge in [-0.25, -0.2) is 0 Å². The van der Waals surface area contributed by atoms with Crippen LogP contribution in [0, 0.1) is 13.8 Å². The van der Waals surface area contributed by atoms with E-state index in [0.717, 1.165) is 11.9 Å². The molecule has 0 aliphatic carbocycles. The highest BCUT2D eigenvalue weighted by atomic mass is 16.2. The third-order valence-electron chi connectivity index (χ3n) is 4.61. The third-order valence-corrected chi connectivity index (χ3v) is 4.61. The number of carbonyl (C=O) groups is 1. The van der Waals surface area contributed by atoms with E-state index in [1.807, 2.05) is 30.3 Å². The van der Waals surface area contributed by atoms with Crippen LogP contribution in [-0.4, -0.2) is 22.8 Å². The monoisotopic (exact) mass is 320 g/mol. The standard InChI is InChI=1S/C21H24N2O/c1-15-8-9-18(16(2)12-15)14-23(3)21(24)11-10-17-13-22-20-7-5-4-6-19(17)20/h4-9,12-13,22H,10-11,14H2,1-3H3. The van der Waals surface area contributed by atoms with Gasteiger partial charge in [0, 0.05) is 37.1 Å². The molecule has 0 radical (unpaired) electrons. The van der Waals surface area contributed by atoms with Crippen molar-refractivity contribution >= 4 is 16.8 Å². The molecular weight excluding hydrogens is 296 g/mol. The summed E-state index contributed by atoms with van der Waals surface area (Å²) in [5.74, 6) is 0.181. The van der Waals surface area contributed by atoms with Gasteiger partial charge in [-0.2, -0.15) is 0 Å². The number of carbonyl (C=O) groups excluding carboxylic acids is 1. The van der Waals surface area contributed by atoms with Gasteiger partial charge in [0.25, 0.3) is 0 Å². The Bertz CT molecular complexity index is 863. The van der Waals surface area contributed by atoms with E-state index >= 15 is 0 Å². The van der Waals surface area contributed by atoms with E-state index in [2.05, 4.69) is 49.2 Å². The van der Waals surface area contributed by atoms with E-state index in [-0.39, 0.29) is 5.91 Å². The molecule has 0 spiro atoms. The number of H-pyrrole nitrogens is 1. The lowest BCUT2D eigenvalue weighted by atomic mass is 10.0. The molecule has 0 aliphatic heterocycles. The number of rotatable bonds is 5. The Balaban J connectivity index is 1.62. The van der Waals surface area contributed by atoms with Crippen LogP contribution in [0.5, 0.6) is 0 Å². The van der Waals surface area contributed by atoms with E-state index in [9.17, 15) is 4.79 Å². The van der Waals surface area contributed by atoms with Crippen LogP contribution in [0.4, 0.5) is 0 Å². The Morgan fingerprint density at radius 2 is 1.88 bits per heavy atom. The number of nitrogens with zero attached hydrogens (tertiary/aromatic N) is 1. The van der Waals surface area contributed by atoms with Crippen molar-refractivity contribution in [3.8, 4) is 0 Å². The van der Waals surface area contributed by atoms with Gasteiger partial charge in [0.15, 0.2) is 0 Å². The fraction of sp³-hybridized carbons (Fsp3) is 0.286. The number of para-hydroxylation sites is 1. The molecule has 24 heavy (non-hydrogen) atoms. The quantitative estimate of drug-likeness (QED) is 0.744. The van der Waals surface area contributed by atoms with E-state index in [4.69, 9.17) is 0 Å². The Hall–Kier alpha value is -2.55. The van der Waals surface area contributed by atoms with Crippen molar-refractivity contribution in [3.05, 3.63) is 70.9 Å². The minimum atomic E-state index is 0.181. The van der Waals surface area contributed by atoms with Gasteiger partial charge in [-0.15, -0.1) is 0 Å². The molecule has 0 atom stereocenters. The summed E-state index contributed by atoms with van der Waals surface area (Å²) in [5.41, 5.74) is 6.04. The van der Waals surface area contributed by atoms with Crippen molar-refractivity contribution in [1.29, 1.82) is 0 Å². The van der Waals surface area contributed by atoms with Crippen molar-refractivity contribution in [2.24, 2.45) is 0 Å². The average molecular weight is 320 g/mol. The topological polar surface area (TPSA) is 36.1 Å². The molecule has 124 valence electrons. The first-order valence-electron chi connectivity index (χ1n) is 8.39. The SMILES string of the molecule is Cc1ccc(CN(C)C(=O)CCc2c[nH]c3ccccc23)c(C)c1. The fourth-order valence-electron chi connectivity index (χ4n) is 3.14. The zero-order chi connectivity index (χ0) is 17.1. The molecule has 3 rings (SSSR count). The van der Waals surface area contributed by atoms with Gasteiger partial charge in [-0.3, -0.25) is 4.79 Å². The lowest BCUT2D eigenvalue weighted by Crippen LogP contribution is -2.26.